The van der Waals surface area contributed by atoms with Gasteiger partial charge in [-0.25, -0.2) is 0 Å². The Balaban J connectivity index is 1.58. The zero-order chi connectivity index (χ0) is 13.3. The molecule has 2 aliphatic carbocycles. The largest absolute Gasteiger partial charge is 0.314 e. The van der Waals surface area contributed by atoms with Crippen molar-refractivity contribution in [1.82, 2.24) is 10.6 Å². The summed E-state index contributed by atoms with van der Waals surface area (Å²) in [4.78, 5) is 0. The predicted molar refractivity (Wildman–Crippen MR) is 83.6 cm³/mol. The molecular weight excluding hydrogens is 232 g/mol. The van der Waals surface area contributed by atoms with Gasteiger partial charge >= 0.3 is 0 Å². The molecule has 2 heteroatoms. The number of rotatable bonds is 7. The van der Waals surface area contributed by atoms with Crippen LogP contribution < -0.4 is 10.6 Å². The van der Waals surface area contributed by atoms with Crippen LogP contribution in [0.3, 0.4) is 0 Å². The molecule has 0 aromatic heterocycles. The second-order valence-electron chi connectivity index (χ2n) is 6.68. The fourth-order valence-corrected chi connectivity index (χ4v) is 3.78. The van der Waals surface area contributed by atoms with E-state index in [-0.39, 0.29) is 0 Å². The average Bonchev–Trinajstić information content (AvgIpc) is 2.48. The van der Waals surface area contributed by atoms with Gasteiger partial charge in [-0.2, -0.15) is 0 Å². The van der Waals surface area contributed by atoms with Crippen molar-refractivity contribution in [3.8, 4) is 0 Å². The highest BCUT2D eigenvalue weighted by atomic mass is 15.0. The van der Waals surface area contributed by atoms with Crippen LogP contribution in [0.4, 0.5) is 0 Å². The minimum Gasteiger partial charge on any atom is -0.314 e. The Bertz CT molecular complexity index is 217. The molecule has 0 radical (unpaired) electrons. The molecule has 1 atom stereocenters. The van der Waals surface area contributed by atoms with Crippen LogP contribution in [0.1, 0.15) is 84.0 Å². The standard InChI is InChI=1S/C17H34N2/c1-2-15(19-17-11-7-4-8-12-17)13-14-18-16-9-5-3-6-10-16/h15-19H,2-14H2,1H3. The third kappa shape index (κ3) is 5.83. The smallest absolute Gasteiger partial charge is 0.00791 e. The molecule has 0 heterocycles. The van der Waals surface area contributed by atoms with E-state index >= 15 is 0 Å². The summed E-state index contributed by atoms with van der Waals surface area (Å²) in [6.45, 7) is 3.55. The Labute approximate surface area is 120 Å². The molecule has 2 fully saturated rings. The zero-order valence-corrected chi connectivity index (χ0v) is 12.9. The van der Waals surface area contributed by atoms with E-state index in [1.165, 1.54) is 83.6 Å². The van der Waals surface area contributed by atoms with E-state index in [2.05, 4.69) is 17.6 Å². The molecule has 0 amide bonds. The molecule has 112 valence electrons. The number of hydrogen-bond acceptors (Lipinski definition) is 2. The van der Waals surface area contributed by atoms with Gasteiger partial charge in [0.2, 0.25) is 0 Å². The van der Waals surface area contributed by atoms with Gasteiger partial charge in [-0.15, -0.1) is 0 Å². The molecule has 2 aliphatic rings. The summed E-state index contributed by atoms with van der Waals surface area (Å²) in [6.07, 6.45) is 16.9. The molecule has 0 aromatic rings. The normalized spacial score (nSPS) is 24.5. The molecule has 0 aromatic carbocycles. The van der Waals surface area contributed by atoms with Crippen LogP contribution >= 0.6 is 0 Å². The monoisotopic (exact) mass is 266 g/mol. The van der Waals surface area contributed by atoms with Crippen LogP contribution in [-0.4, -0.2) is 24.7 Å². The second kappa shape index (κ2) is 8.97. The number of hydrogen-bond donors (Lipinski definition) is 2. The first-order valence-corrected chi connectivity index (χ1v) is 8.88. The summed E-state index contributed by atoms with van der Waals surface area (Å²) >= 11 is 0. The van der Waals surface area contributed by atoms with E-state index in [9.17, 15) is 0 Å². The Hall–Kier alpha value is -0.0800. The van der Waals surface area contributed by atoms with Gasteiger partial charge in [0.05, 0.1) is 0 Å². The molecule has 0 bridgehead atoms. The highest BCUT2D eigenvalue weighted by molar-refractivity contribution is 4.78. The second-order valence-corrected chi connectivity index (χ2v) is 6.68. The summed E-state index contributed by atoms with van der Waals surface area (Å²) in [5, 5.41) is 7.69. The summed E-state index contributed by atoms with van der Waals surface area (Å²) in [7, 11) is 0. The summed E-state index contributed by atoms with van der Waals surface area (Å²) in [5.41, 5.74) is 0. The Morgan fingerprint density at radius 1 is 0.842 bits per heavy atom. The first-order chi connectivity index (χ1) is 9.38. The van der Waals surface area contributed by atoms with Gasteiger partial charge in [-0.3, -0.25) is 0 Å². The fraction of sp³-hybridized carbons (Fsp3) is 1.00. The van der Waals surface area contributed by atoms with Crippen LogP contribution in [0.5, 0.6) is 0 Å². The van der Waals surface area contributed by atoms with Crippen LogP contribution in [0.25, 0.3) is 0 Å². The highest BCUT2D eigenvalue weighted by Gasteiger charge is 2.17. The average molecular weight is 266 g/mol. The van der Waals surface area contributed by atoms with Crippen LogP contribution in [0, 0.1) is 0 Å². The van der Waals surface area contributed by atoms with E-state index in [0.29, 0.717) is 0 Å². The quantitative estimate of drug-likeness (QED) is 0.728. The molecule has 1 unspecified atom stereocenters. The van der Waals surface area contributed by atoms with Crippen molar-refractivity contribution in [1.29, 1.82) is 0 Å². The van der Waals surface area contributed by atoms with Crippen molar-refractivity contribution in [2.75, 3.05) is 6.54 Å². The molecule has 0 saturated heterocycles. The predicted octanol–water partition coefficient (Wildman–Crippen LogP) is 4.00. The summed E-state index contributed by atoms with van der Waals surface area (Å²) in [5.74, 6) is 0. The van der Waals surface area contributed by atoms with Gasteiger partial charge < -0.3 is 10.6 Å². The first kappa shape index (κ1) is 15.3. The topological polar surface area (TPSA) is 24.1 Å². The van der Waals surface area contributed by atoms with Gasteiger partial charge in [0.15, 0.2) is 0 Å². The molecule has 2 saturated carbocycles. The van der Waals surface area contributed by atoms with E-state index in [0.717, 1.165) is 18.1 Å². The number of nitrogens with one attached hydrogen (secondary N) is 2. The lowest BCUT2D eigenvalue weighted by molar-refractivity contribution is 0.310. The third-order valence-electron chi connectivity index (χ3n) is 5.10. The Morgan fingerprint density at radius 2 is 1.42 bits per heavy atom. The van der Waals surface area contributed by atoms with E-state index < -0.39 is 0 Å². The SMILES string of the molecule is CCC(CCNC1CCCCC1)NC1CCCCC1. The van der Waals surface area contributed by atoms with E-state index in [4.69, 9.17) is 0 Å². The maximum Gasteiger partial charge on any atom is 0.00791 e. The summed E-state index contributed by atoms with van der Waals surface area (Å²) in [6, 6.07) is 2.37. The summed E-state index contributed by atoms with van der Waals surface area (Å²) < 4.78 is 0. The van der Waals surface area contributed by atoms with Crippen molar-refractivity contribution < 1.29 is 0 Å². The van der Waals surface area contributed by atoms with Gasteiger partial charge in [0, 0.05) is 18.1 Å². The Kier molecular flexibility index (Phi) is 7.23. The third-order valence-corrected chi connectivity index (χ3v) is 5.10. The van der Waals surface area contributed by atoms with Gasteiger partial charge in [0.1, 0.15) is 0 Å². The lowest BCUT2D eigenvalue weighted by Gasteiger charge is -2.29. The van der Waals surface area contributed by atoms with E-state index in [1.54, 1.807) is 0 Å². The minimum absolute atomic E-state index is 0.735. The molecule has 19 heavy (non-hydrogen) atoms. The van der Waals surface area contributed by atoms with Gasteiger partial charge in [-0.1, -0.05) is 45.4 Å². The molecule has 0 spiro atoms. The molecule has 0 aliphatic heterocycles. The van der Waals surface area contributed by atoms with Crippen molar-refractivity contribution in [3.63, 3.8) is 0 Å². The van der Waals surface area contributed by atoms with Crippen molar-refractivity contribution in [2.45, 2.75) is 102 Å². The lowest BCUT2D eigenvalue weighted by Crippen LogP contribution is -2.41. The van der Waals surface area contributed by atoms with Gasteiger partial charge in [-0.05, 0) is 45.1 Å². The van der Waals surface area contributed by atoms with Crippen molar-refractivity contribution >= 4 is 0 Å². The lowest BCUT2D eigenvalue weighted by atomic mass is 9.94. The maximum atomic E-state index is 3.90. The van der Waals surface area contributed by atoms with Gasteiger partial charge in [0.25, 0.3) is 0 Å². The maximum absolute atomic E-state index is 3.90. The molecule has 2 N–H and O–H groups in total. The minimum atomic E-state index is 0.735. The van der Waals surface area contributed by atoms with E-state index in [1.807, 2.05) is 0 Å². The first-order valence-electron chi connectivity index (χ1n) is 8.88. The van der Waals surface area contributed by atoms with Crippen molar-refractivity contribution in [2.24, 2.45) is 0 Å². The van der Waals surface area contributed by atoms with Crippen LogP contribution in [0.15, 0.2) is 0 Å². The van der Waals surface area contributed by atoms with Crippen LogP contribution in [0.2, 0.25) is 0 Å². The molecule has 2 nitrogen and oxygen atoms in total. The molecule has 2 rings (SSSR count). The van der Waals surface area contributed by atoms with Crippen LogP contribution in [-0.2, 0) is 0 Å². The molecular formula is C17H34N2. The highest BCUT2D eigenvalue weighted by Crippen LogP contribution is 2.19. The fourth-order valence-electron chi connectivity index (χ4n) is 3.78. The van der Waals surface area contributed by atoms with Crippen molar-refractivity contribution in [3.05, 3.63) is 0 Å². The zero-order valence-electron chi connectivity index (χ0n) is 12.9. The Morgan fingerprint density at radius 3 is 2.00 bits per heavy atom.